The summed E-state index contributed by atoms with van der Waals surface area (Å²) in [5, 5.41) is 3.24. The third-order valence-corrected chi connectivity index (χ3v) is 4.51. The highest BCUT2D eigenvalue weighted by Crippen LogP contribution is 2.30. The third-order valence-electron chi connectivity index (χ3n) is 4.51. The van der Waals surface area contributed by atoms with Crippen molar-refractivity contribution in [2.24, 2.45) is 0 Å². The van der Waals surface area contributed by atoms with Crippen molar-refractivity contribution in [3.63, 3.8) is 0 Å². The lowest BCUT2D eigenvalue weighted by atomic mass is 9.94. The van der Waals surface area contributed by atoms with E-state index in [2.05, 4.69) is 36.0 Å². The largest absolute Gasteiger partial charge is 0.373 e. The highest BCUT2D eigenvalue weighted by atomic mass is 15.2. The van der Waals surface area contributed by atoms with E-state index in [9.17, 15) is 0 Å². The first-order valence-electron chi connectivity index (χ1n) is 8.53. The zero-order valence-corrected chi connectivity index (χ0v) is 14.1. The third kappa shape index (κ3) is 3.66. The molecule has 0 saturated heterocycles. The molecule has 2 rings (SSSR count). The van der Waals surface area contributed by atoms with Crippen LogP contribution in [0.15, 0.2) is 0 Å². The summed E-state index contributed by atoms with van der Waals surface area (Å²) < 4.78 is 0. The Morgan fingerprint density at radius 2 is 1.86 bits per heavy atom. The molecule has 4 heteroatoms. The normalized spacial score (nSPS) is 16.0. The molecule has 0 bridgehead atoms. The first kappa shape index (κ1) is 16.1. The minimum absolute atomic E-state index is 0.650. The second kappa shape index (κ2) is 7.62. The van der Waals surface area contributed by atoms with E-state index in [-0.39, 0.29) is 0 Å². The maximum atomic E-state index is 4.89. The number of rotatable bonds is 6. The van der Waals surface area contributed by atoms with Gasteiger partial charge in [-0.3, -0.25) is 0 Å². The monoisotopic (exact) mass is 290 g/mol. The lowest BCUT2D eigenvalue weighted by Gasteiger charge is -2.35. The number of nitrogens with zero attached hydrogens (tertiary/aromatic N) is 3. The van der Waals surface area contributed by atoms with Crippen LogP contribution in [0.1, 0.15) is 63.8 Å². The van der Waals surface area contributed by atoms with Gasteiger partial charge in [-0.25, -0.2) is 9.97 Å². The maximum absolute atomic E-state index is 4.89. The van der Waals surface area contributed by atoms with E-state index in [1.54, 1.807) is 0 Å². The molecule has 1 N–H and O–H groups in total. The number of nitrogens with one attached hydrogen (secondary N) is 1. The van der Waals surface area contributed by atoms with Gasteiger partial charge >= 0.3 is 0 Å². The molecule has 0 aromatic carbocycles. The topological polar surface area (TPSA) is 41.1 Å². The predicted octanol–water partition coefficient (Wildman–Crippen LogP) is 3.94. The van der Waals surface area contributed by atoms with Crippen molar-refractivity contribution in [1.82, 2.24) is 9.97 Å². The van der Waals surface area contributed by atoms with Crippen LogP contribution in [0.4, 0.5) is 11.6 Å². The zero-order valence-electron chi connectivity index (χ0n) is 14.1. The molecule has 0 radical (unpaired) electrons. The summed E-state index contributed by atoms with van der Waals surface area (Å²) in [6, 6.07) is 0.650. The second-order valence-corrected chi connectivity index (χ2v) is 6.01. The van der Waals surface area contributed by atoms with Crippen LogP contribution < -0.4 is 10.2 Å². The van der Waals surface area contributed by atoms with Gasteiger partial charge < -0.3 is 10.2 Å². The van der Waals surface area contributed by atoms with Crippen molar-refractivity contribution in [2.75, 3.05) is 23.8 Å². The summed E-state index contributed by atoms with van der Waals surface area (Å²) in [7, 11) is 1.95. The molecule has 0 atom stereocenters. The van der Waals surface area contributed by atoms with Crippen molar-refractivity contribution in [1.29, 1.82) is 0 Å². The van der Waals surface area contributed by atoms with Gasteiger partial charge in [-0.2, -0.15) is 0 Å². The Labute approximate surface area is 129 Å². The minimum atomic E-state index is 0.650. The van der Waals surface area contributed by atoms with Crippen LogP contribution in [0.2, 0.25) is 0 Å². The van der Waals surface area contributed by atoms with Gasteiger partial charge in [0.2, 0.25) is 0 Å². The Hall–Kier alpha value is -1.32. The van der Waals surface area contributed by atoms with Crippen LogP contribution in [0.25, 0.3) is 0 Å². The quantitative estimate of drug-likeness (QED) is 0.861. The lowest BCUT2D eigenvalue weighted by Crippen LogP contribution is -2.38. The summed E-state index contributed by atoms with van der Waals surface area (Å²) in [6.07, 6.45) is 8.73. The van der Waals surface area contributed by atoms with Crippen LogP contribution in [0.3, 0.4) is 0 Å². The Morgan fingerprint density at radius 3 is 2.43 bits per heavy atom. The number of hydrogen-bond donors (Lipinski definition) is 1. The van der Waals surface area contributed by atoms with Crippen LogP contribution in [0, 0.1) is 6.92 Å². The number of aryl methyl sites for hydroxylation is 1. The average Bonchev–Trinajstić information content (AvgIpc) is 2.52. The Balaban J connectivity index is 2.35. The van der Waals surface area contributed by atoms with E-state index in [1.807, 2.05) is 7.05 Å². The summed E-state index contributed by atoms with van der Waals surface area (Å²) in [5.41, 5.74) is 1.18. The highest BCUT2D eigenvalue weighted by Gasteiger charge is 2.24. The zero-order chi connectivity index (χ0) is 15.2. The molecule has 21 heavy (non-hydrogen) atoms. The Bertz CT molecular complexity index is 452. The Kier molecular flexibility index (Phi) is 5.83. The highest BCUT2D eigenvalue weighted by molar-refractivity contribution is 5.59. The van der Waals surface area contributed by atoms with Gasteiger partial charge in [0.15, 0.2) is 0 Å². The molecular weight excluding hydrogens is 260 g/mol. The average molecular weight is 290 g/mol. The lowest BCUT2D eigenvalue weighted by molar-refractivity contribution is 0.415. The summed E-state index contributed by atoms with van der Waals surface area (Å²) >= 11 is 0. The molecule has 1 saturated carbocycles. The molecule has 1 heterocycles. The first-order chi connectivity index (χ1) is 10.2. The second-order valence-electron chi connectivity index (χ2n) is 6.01. The SMILES string of the molecule is CCCc1nc(NC)c(C)c(N(CC)C2CCCCC2)n1. The molecule has 0 spiro atoms. The molecule has 0 aliphatic heterocycles. The molecule has 1 aliphatic rings. The van der Waals surface area contributed by atoms with Crippen molar-refractivity contribution in [3.05, 3.63) is 11.4 Å². The van der Waals surface area contributed by atoms with Gasteiger partial charge in [0, 0.05) is 31.6 Å². The molecule has 0 amide bonds. The number of aromatic nitrogens is 2. The standard InChI is InChI=1S/C17H30N4/c1-5-10-15-19-16(18-4)13(3)17(20-15)21(6-2)14-11-8-7-9-12-14/h14H,5-12H2,1-4H3,(H,18,19,20). The summed E-state index contributed by atoms with van der Waals surface area (Å²) in [6.45, 7) is 7.59. The van der Waals surface area contributed by atoms with Gasteiger partial charge in [0.25, 0.3) is 0 Å². The van der Waals surface area contributed by atoms with Crippen molar-refractivity contribution < 1.29 is 0 Å². The van der Waals surface area contributed by atoms with Gasteiger partial charge in [-0.1, -0.05) is 26.2 Å². The van der Waals surface area contributed by atoms with Gasteiger partial charge in [0.05, 0.1) is 0 Å². The number of hydrogen-bond acceptors (Lipinski definition) is 4. The Morgan fingerprint density at radius 1 is 1.14 bits per heavy atom. The fourth-order valence-corrected chi connectivity index (χ4v) is 3.38. The van der Waals surface area contributed by atoms with Crippen molar-refractivity contribution >= 4 is 11.6 Å². The first-order valence-corrected chi connectivity index (χ1v) is 8.53. The van der Waals surface area contributed by atoms with Gasteiger partial charge in [-0.15, -0.1) is 0 Å². The molecule has 0 unspecified atom stereocenters. The summed E-state index contributed by atoms with van der Waals surface area (Å²) in [4.78, 5) is 12.1. The van der Waals surface area contributed by atoms with Crippen LogP contribution >= 0.6 is 0 Å². The maximum Gasteiger partial charge on any atom is 0.137 e. The smallest absolute Gasteiger partial charge is 0.137 e. The van der Waals surface area contributed by atoms with E-state index in [1.165, 1.54) is 37.7 Å². The van der Waals surface area contributed by atoms with Crippen LogP contribution in [-0.4, -0.2) is 29.6 Å². The predicted molar refractivity (Wildman–Crippen MR) is 90.2 cm³/mol. The minimum Gasteiger partial charge on any atom is -0.373 e. The van der Waals surface area contributed by atoms with Crippen molar-refractivity contribution in [3.8, 4) is 0 Å². The van der Waals surface area contributed by atoms with E-state index >= 15 is 0 Å². The molecule has 118 valence electrons. The van der Waals surface area contributed by atoms with E-state index < -0.39 is 0 Å². The van der Waals surface area contributed by atoms with E-state index in [0.29, 0.717) is 6.04 Å². The van der Waals surface area contributed by atoms with Gasteiger partial charge in [0.1, 0.15) is 17.5 Å². The molecule has 1 fully saturated rings. The fraction of sp³-hybridized carbons (Fsp3) is 0.765. The fourth-order valence-electron chi connectivity index (χ4n) is 3.38. The molecule has 1 aliphatic carbocycles. The molecule has 1 aromatic rings. The van der Waals surface area contributed by atoms with Crippen LogP contribution in [-0.2, 0) is 6.42 Å². The molecule has 1 aromatic heterocycles. The van der Waals surface area contributed by atoms with Crippen molar-refractivity contribution in [2.45, 2.75) is 71.8 Å². The molecular formula is C17H30N4. The van der Waals surface area contributed by atoms with E-state index in [0.717, 1.165) is 36.8 Å². The molecule has 4 nitrogen and oxygen atoms in total. The van der Waals surface area contributed by atoms with Gasteiger partial charge in [-0.05, 0) is 33.1 Å². The van der Waals surface area contributed by atoms with E-state index in [4.69, 9.17) is 4.98 Å². The number of anilines is 2. The summed E-state index contributed by atoms with van der Waals surface area (Å²) in [5.74, 6) is 3.10. The van der Waals surface area contributed by atoms with Crippen LogP contribution in [0.5, 0.6) is 0 Å².